The van der Waals surface area contributed by atoms with Crippen molar-refractivity contribution in [2.75, 3.05) is 13.1 Å². The molecule has 0 radical (unpaired) electrons. The summed E-state index contributed by atoms with van der Waals surface area (Å²) >= 11 is 0. The Morgan fingerprint density at radius 1 is 0.792 bits per heavy atom. The Morgan fingerprint density at radius 3 is 1.50 bits per heavy atom. The van der Waals surface area contributed by atoms with Gasteiger partial charge < -0.3 is 0 Å². The van der Waals surface area contributed by atoms with Gasteiger partial charge in [0.25, 0.3) is 0 Å². The molecule has 7 nitrogen and oxygen atoms in total. The van der Waals surface area contributed by atoms with Crippen molar-refractivity contribution in [3.63, 3.8) is 0 Å². The number of carbonyl (C=O) groups excluding carboxylic acids is 1. The smallest absolute Gasteiger partial charge is 0.148 e. The van der Waals surface area contributed by atoms with E-state index in [9.17, 15) is 4.79 Å². The van der Waals surface area contributed by atoms with E-state index in [2.05, 4.69) is 20.1 Å². The fourth-order valence-corrected chi connectivity index (χ4v) is 2.57. The topological polar surface area (TPSA) is 115 Å². The predicted octanol–water partition coefficient (Wildman–Crippen LogP) is 4.74. The van der Waals surface area contributed by atoms with Crippen molar-refractivity contribution in [2.45, 2.75) is 11.8 Å². The molecule has 0 bridgehead atoms. The Hall–Kier alpha value is -3.27. The second-order valence-corrected chi connectivity index (χ2v) is 5.16. The Kier molecular flexibility index (Phi) is 6.41. The lowest BCUT2D eigenvalue weighted by Gasteiger charge is -2.21. The lowest BCUT2D eigenvalue weighted by Crippen LogP contribution is -2.24. The summed E-state index contributed by atoms with van der Waals surface area (Å²) in [4.78, 5) is 18.6. The Bertz CT molecular complexity index is 699. The van der Waals surface area contributed by atoms with E-state index in [1.54, 1.807) is 0 Å². The van der Waals surface area contributed by atoms with Crippen LogP contribution in [0.2, 0.25) is 0 Å². The zero-order chi connectivity index (χ0) is 17.2. The van der Waals surface area contributed by atoms with Crippen LogP contribution in [0.5, 0.6) is 0 Å². The van der Waals surface area contributed by atoms with E-state index in [1.165, 1.54) is 0 Å². The number of azide groups is 2. The number of rotatable bonds is 8. The zero-order valence-electron chi connectivity index (χ0n) is 12.9. The molecule has 2 aromatic rings. The lowest BCUT2D eigenvalue weighted by atomic mass is 9.83. The first-order chi connectivity index (χ1) is 11.8. The minimum absolute atomic E-state index is 0.0267. The number of nitrogens with zero attached hydrogens (tertiary/aromatic N) is 6. The summed E-state index contributed by atoms with van der Waals surface area (Å²) in [5.41, 5.74) is 18.8. The zero-order valence-corrected chi connectivity index (χ0v) is 12.9. The number of hydrogen-bond acceptors (Lipinski definition) is 3. The summed E-state index contributed by atoms with van der Waals surface area (Å²) in [5.74, 6) is -1.30. The van der Waals surface area contributed by atoms with Crippen molar-refractivity contribution in [3.05, 3.63) is 92.7 Å². The van der Waals surface area contributed by atoms with Gasteiger partial charge >= 0.3 is 0 Å². The van der Waals surface area contributed by atoms with Gasteiger partial charge in [-0.25, -0.2) is 0 Å². The van der Waals surface area contributed by atoms with E-state index in [4.69, 9.17) is 11.1 Å². The lowest BCUT2D eigenvalue weighted by molar-refractivity contribution is -0.121. The minimum Gasteiger partial charge on any atom is -0.298 e. The van der Waals surface area contributed by atoms with Gasteiger partial charge in [0.2, 0.25) is 0 Å². The highest BCUT2D eigenvalue weighted by molar-refractivity contribution is 5.92. The third-order valence-electron chi connectivity index (χ3n) is 3.75. The van der Waals surface area contributed by atoms with Crippen molar-refractivity contribution in [3.8, 4) is 0 Å². The van der Waals surface area contributed by atoms with Crippen LogP contribution in [0.4, 0.5) is 0 Å². The van der Waals surface area contributed by atoms with Gasteiger partial charge in [0.15, 0.2) is 0 Å². The van der Waals surface area contributed by atoms with E-state index in [1.807, 2.05) is 60.7 Å². The predicted molar refractivity (Wildman–Crippen MR) is 91.4 cm³/mol. The molecule has 0 aliphatic carbocycles. The summed E-state index contributed by atoms with van der Waals surface area (Å²) in [6.45, 7) is 0.0535. The molecule has 7 heteroatoms. The molecule has 0 aliphatic heterocycles. The van der Waals surface area contributed by atoms with Gasteiger partial charge in [-0.3, -0.25) is 4.79 Å². The maximum Gasteiger partial charge on any atom is 0.148 e. The fraction of sp³-hybridized carbons (Fsp3) is 0.235. The molecule has 0 saturated heterocycles. The number of ketones is 1. The average molecular weight is 320 g/mol. The van der Waals surface area contributed by atoms with Gasteiger partial charge in [-0.05, 0) is 22.2 Å². The number of carbonyl (C=O) groups is 1. The molecule has 2 rings (SSSR count). The molecule has 0 saturated carbocycles. The van der Waals surface area contributed by atoms with Gasteiger partial charge in [-0.2, -0.15) is 0 Å². The molecule has 2 atom stereocenters. The van der Waals surface area contributed by atoms with Crippen LogP contribution in [-0.2, 0) is 4.79 Å². The molecule has 0 aliphatic rings. The third kappa shape index (κ3) is 4.36. The summed E-state index contributed by atoms with van der Waals surface area (Å²) in [5, 5.41) is 7.16. The van der Waals surface area contributed by atoms with Crippen LogP contribution in [-0.4, -0.2) is 18.9 Å². The second-order valence-electron chi connectivity index (χ2n) is 5.16. The maximum absolute atomic E-state index is 13.1. The SMILES string of the molecule is [N-]=[N+]=NCC(C(=O)C(CN=[N+]=[N-])c1ccccc1)c1ccccc1. The first-order valence-electron chi connectivity index (χ1n) is 7.43. The molecule has 2 unspecified atom stereocenters. The van der Waals surface area contributed by atoms with Crippen molar-refractivity contribution < 1.29 is 4.79 Å². The monoisotopic (exact) mass is 320 g/mol. The van der Waals surface area contributed by atoms with Gasteiger partial charge in [-0.15, -0.1) is 0 Å². The van der Waals surface area contributed by atoms with E-state index < -0.39 is 11.8 Å². The molecular weight excluding hydrogens is 304 g/mol. The van der Waals surface area contributed by atoms with Crippen LogP contribution in [0.3, 0.4) is 0 Å². The first-order valence-corrected chi connectivity index (χ1v) is 7.43. The Balaban J connectivity index is 2.39. The van der Waals surface area contributed by atoms with Crippen LogP contribution in [0.1, 0.15) is 23.0 Å². The van der Waals surface area contributed by atoms with Gasteiger partial charge in [0.1, 0.15) is 5.78 Å². The fourth-order valence-electron chi connectivity index (χ4n) is 2.57. The Morgan fingerprint density at radius 2 is 1.17 bits per heavy atom. The van der Waals surface area contributed by atoms with Gasteiger partial charge in [-0.1, -0.05) is 70.9 Å². The summed E-state index contributed by atoms with van der Waals surface area (Å²) in [6, 6.07) is 18.3. The summed E-state index contributed by atoms with van der Waals surface area (Å²) in [6.07, 6.45) is 0. The second kappa shape index (κ2) is 9.00. The Labute approximate surface area is 139 Å². The third-order valence-corrected chi connectivity index (χ3v) is 3.75. The highest BCUT2D eigenvalue weighted by Gasteiger charge is 2.28. The average Bonchev–Trinajstić information content (AvgIpc) is 2.64. The molecule has 120 valence electrons. The van der Waals surface area contributed by atoms with Crippen LogP contribution in [0.25, 0.3) is 20.9 Å². The van der Waals surface area contributed by atoms with E-state index in [0.717, 1.165) is 11.1 Å². The highest BCUT2D eigenvalue weighted by atomic mass is 16.1. The molecular formula is C17H16N6O. The molecule has 0 spiro atoms. The standard InChI is InChI=1S/C17H16N6O/c18-22-20-11-15(13-7-3-1-4-8-13)17(24)16(12-21-23-19)14-9-5-2-6-10-14/h1-10,15-16H,11-12H2. The van der Waals surface area contributed by atoms with Crippen LogP contribution >= 0.6 is 0 Å². The molecule has 0 aromatic heterocycles. The molecule has 2 aromatic carbocycles. The van der Waals surface area contributed by atoms with Crippen LogP contribution in [0.15, 0.2) is 70.9 Å². The van der Waals surface area contributed by atoms with Gasteiger partial charge in [0, 0.05) is 34.7 Å². The van der Waals surface area contributed by atoms with Crippen molar-refractivity contribution in [2.24, 2.45) is 10.2 Å². The van der Waals surface area contributed by atoms with E-state index >= 15 is 0 Å². The quantitative estimate of drug-likeness (QED) is 0.390. The van der Waals surface area contributed by atoms with E-state index in [0.29, 0.717) is 0 Å². The molecule has 0 N–H and O–H groups in total. The van der Waals surface area contributed by atoms with Crippen molar-refractivity contribution >= 4 is 5.78 Å². The van der Waals surface area contributed by atoms with Crippen LogP contribution in [0, 0.1) is 0 Å². The largest absolute Gasteiger partial charge is 0.298 e. The van der Waals surface area contributed by atoms with Gasteiger partial charge in [0.05, 0.1) is 0 Å². The number of hydrogen-bond donors (Lipinski definition) is 0. The minimum atomic E-state index is -0.582. The normalized spacial score (nSPS) is 12.3. The molecule has 0 heterocycles. The van der Waals surface area contributed by atoms with Crippen molar-refractivity contribution in [1.29, 1.82) is 0 Å². The first kappa shape index (κ1) is 17.1. The maximum atomic E-state index is 13.1. The number of benzene rings is 2. The molecule has 0 amide bonds. The van der Waals surface area contributed by atoms with Crippen molar-refractivity contribution in [1.82, 2.24) is 0 Å². The highest BCUT2D eigenvalue weighted by Crippen LogP contribution is 2.27. The van der Waals surface area contributed by atoms with Crippen LogP contribution < -0.4 is 0 Å². The number of Topliss-reactive ketones (excluding diaryl/α,β-unsaturated/α-hetero) is 1. The summed E-state index contributed by atoms with van der Waals surface area (Å²) < 4.78 is 0. The summed E-state index contributed by atoms with van der Waals surface area (Å²) in [7, 11) is 0. The molecule has 0 fully saturated rings. The molecule has 24 heavy (non-hydrogen) atoms. The van der Waals surface area contributed by atoms with E-state index in [-0.39, 0.29) is 18.9 Å².